The second kappa shape index (κ2) is 6.88. The zero-order chi connectivity index (χ0) is 15.3. The van der Waals surface area contributed by atoms with Crippen molar-refractivity contribution in [2.45, 2.75) is 47.5 Å². The quantitative estimate of drug-likeness (QED) is 0.660. The fourth-order valence-electron chi connectivity index (χ4n) is 1.42. The normalized spacial score (nSPS) is 11.2. The van der Waals surface area contributed by atoms with E-state index in [-0.39, 0.29) is 11.9 Å². The fourth-order valence-corrected chi connectivity index (χ4v) is 2.38. The highest BCUT2D eigenvalue weighted by Crippen LogP contribution is 2.29. The Kier molecular flexibility index (Phi) is 5.74. The minimum absolute atomic E-state index is 0.0651. The van der Waals surface area contributed by atoms with Crippen LogP contribution in [0.3, 0.4) is 0 Å². The molecular formula is C15H23NO3S. The summed E-state index contributed by atoms with van der Waals surface area (Å²) in [4.78, 5) is 24.4. The lowest BCUT2D eigenvalue weighted by Crippen LogP contribution is -2.27. The summed E-state index contributed by atoms with van der Waals surface area (Å²) < 4.78 is 5.19. The number of anilines is 1. The van der Waals surface area contributed by atoms with Gasteiger partial charge in [0, 0.05) is 5.41 Å². The number of thiophene rings is 1. The van der Waals surface area contributed by atoms with Gasteiger partial charge in [-0.3, -0.25) is 4.79 Å². The van der Waals surface area contributed by atoms with E-state index in [4.69, 9.17) is 4.74 Å². The van der Waals surface area contributed by atoms with E-state index < -0.39 is 5.41 Å². The molecule has 0 aliphatic carbocycles. The predicted molar refractivity (Wildman–Crippen MR) is 82.3 cm³/mol. The van der Waals surface area contributed by atoms with Gasteiger partial charge in [0.25, 0.3) is 0 Å². The van der Waals surface area contributed by atoms with Crippen LogP contribution in [0.15, 0.2) is 6.07 Å². The second-order valence-corrected chi connectivity index (χ2v) is 6.87. The first-order chi connectivity index (χ1) is 9.25. The molecule has 0 aliphatic heterocycles. The zero-order valence-corrected chi connectivity index (χ0v) is 13.6. The summed E-state index contributed by atoms with van der Waals surface area (Å²) in [6, 6.07) is 1.81. The molecule has 1 rings (SSSR count). The van der Waals surface area contributed by atoms with Crippen LogP contribution in [0, 0.1) is 12.3 Å². The first-order valence-corrected chi connectivity index (χ1v) is 7.66. The van der Waals surface area contributed by atoms with E-state index >= 15 is 0 Å². The second-order valence-electron chi connectivity index (χ2n) is 5.82. The maximum Gasteiger partial charge on any atom is 0.348 e. The van der Waals surface area contributed by atoms with E-state index in [1.165, 1.54) is 11.3 Å². The fraction of sp³-hybridized carbons (Fsp3) is 0.600. The van der Waals surface area contributed by atoms with Gasteiger partial charge in [-0.2, -0.15) is 0 Å². The number of esters is 1. The standard InChI is InChI=1S/C15H23NO3S/c1-6-7-8-19-13(17)12-10(2)9-11(20-12)16-14(18)15(3,4)5/h9H,6-8H2,1-5H3,(H,16,18). The third-order valence-electron chi connectivity index (χ3n) is 2.75. The van der Waals surface area contributed by atoms with Crippen molar-refractivity contribution >= 4 is 28.2 Å². The largest absolute Gasteiger partial charge is 0.462 e. The Balaban J connectivity index is 2.73. The smallest absolute Gasteiger partial charge is 0.348 e. The molecule has 0 saturated carbocycles. The Morgan fingerprint density at radius 3 is 2.55 bits per heavy atom. The van der Waals surface area contributed by atoms with Crippen molar-refractivity contribution in [3.63, 3.8) is 0 Å². The van der Waals surface area contributed by atoms with E-state index in [0.717, 1.165) is 18.4 Å². The summed E-state index contributed by atoms with van der Waals surface area (Å²) in [6.07, 6.45) is 1.85. The molecule has 0 fully saturated rings. The number of aryl methyl sites for hydroxylation is 1. The Hall–Kier alpha value is -1.36. The van der Waals surface area contributed by atoms with Crippen LogP contribution in [-0.4, -0.2) is 18.5 Å². The molecule has 1 heterocycles. The lowest BCUT2D eigenvalue weighted by atomic mass is 9.96. The molecule has 0 saturated heterocycles. The van der Waals surface area contributed by atoms with Gasteiger partial charge in [0.05, 0.1) is 11.6 Å². The van der Waals surface area contributed by atoms with Crippen molar-refractivity contribution in [2.24, 2.45) is 5.41 Å². The van der Waals surface area contributed by atoms with Crippen LogP contribution in [-0.2, 0) is 9.53 Å². The molecule has 0 spiro atoms. The van der Waals surface area contributed by atoms with Crippen molar-refractivity contribution in [3.05, 3.63) is 16.5 Å². The van der Waals surface area contributed by atoms with Crippen LogP contribution in [0.2, 0.25) is 0 Å². The van der Waals surface area contributed by atoms with Gasteiger partial charge in [-0.15, -0.1) is 11.3 Å². The van der Waals surface area contributed by atoms with Crippen LogP contribution >= 0.6 is 11.3 Å². The number of ether oxygens (including phenoxy) is 1. The van der Waals surface area contributed by atoms with Crippen molar-refractivity contribution in [1.29, 1.82) is 0 Å². The third kappa shape index (κ3) is 4.63. The number of carbonyl (C=O) groups excluding carboxylic acids is 2. The Morgan fingerprint density at radius 2 is 2.00 bits per heavy atom. The zero-order valence-electron chi connectivity index (χ0n) is 12.8. The molecule has 1 amide bonds. The van der Waals surface area contributed by atoms with Crippen molar-refractivity contribution < 1.29 is 14.3 Å². The highest BCUT2D eigenvalue weighted by molar-refractivity contribution is 7.18. The minimum Gasteiger partial charge on any atom is -0.462 e. The van der Waals surface area contributed by atoms with Crippen LogP contribution in [0.25, 0.3) is 0 Å². The number of amides is 1. The minimum atomic E-state index is -0.459. The Morgan fingerprint density at radius 1 is 1.35 bits per heavy atom. The van der Waals surface area contributed by atoms with Crippen molar-refractivity contribution in [3.8, 4) is 0 Å². The van der Waals surface area contributed by atoms with E-state index in [1.54, 1.807) is 0 Å². The van der Waals surface area contributed by atoms with Crippen molar-refractivity contribution in [1.82, 2.24) is 0 Å². The Labute approximate surface area is 124 Å². The molecule has 0 radical (unpaired) electrons. The number of rotatable bonds is 5. The molecule has 4 nitrogen and oxygen atoms in total. The average Bonchev–Trinajstić information content (AvgIpc) is 2.69. The van der Waals surface area contributed by atoms with Crippen LogP contribution in [0.4, 0.5) is 5.00 Å². The molecule has 5 heteroatoms. The van der Waals surface area contributed by atoms with Gasteiger partial charge in [0.15, 0.2) is 0 Å². The summed E-state index contributed by atoms with van der Waals surface area (Å²) in [6.45, 7) is 9.88. The molecule has 0 atom stereocenters. The number of hydrogen-bond acceptors (Lipinski definition) is 4. The predicted octanol–water partition coefficient (Wildman–Crippen LogP) is 4.00. The maximum atomic E-state index is 11.9. The number of hydrogen-bond donors (Lipinski definition) is 1. The molecule has 1 aromatic rings. The maximum absolute atomic E-state index is 11.9. The summed E-state index contributed by atoms with van der Waals surface area (Å²) in [5, 5.41) is 3.52. The topological polar surface area (TPSA) is 55.4 Å². The molecule has 0 unspecified atom stereocenters. The molecular weight excluding hydrogens is 274 g/mol. The molecule has 20 heavy (non-hydrogen) atoms. The molecule has 1 aromatic heterocycles. The summed E-state index contributed by atoms with van der Waals surface area (Å²) in [7, 11) is 0. The van der Waals surface area contributed by atoms with E-state index in [9.17, 15) is 9.59 Å². The lowest BCUT2D eigenvalue weighted by Gasteiger charge is -2.16. The van der Waals surface area contributed by atoms with Crippen LogP contribution < -0.4 is 5.32 Å². The molecule has 0 aliphatic rings. The van der Waals surface area contributed by atoms with Gasteiger partial charge in [-0.1, -0.05) is 34.1 Å². The summed E-state index contributed by atoms with van der Waals surface area (Å²) in [5.41, 5.74) is 0.375. The van der Waals surface area contributed by atoms with E-state index in [1.807, 2.05) is 40.7 Å². The number of unbranched alkanes of at least 4 members (excludes halogenated alkanes) is 1. The lowest BCUT2D eigenvalue weighted by molar-refractivity contribution is -0.123. The molecule has 0 aromatic carbocycles. The van der Waals surface area contributed by atoms with E-state index in [2.05, 4.69) is 5.32 Å². The summed E-state index contributed by atoms with van der Waals surface area (Å²) in [5.74, 6) is -0.373. The monoisotopic (exact) mass is 297 g/mol. The van der Waals surface area contributed by atoms with Gasteiger partial charge >= 0.3 is 5.97 Å². The first-order valence-electron chi connectivity index (χ1n) is 6.84. The van der Waals surface area contributed by atoms with Gasteiger partial charge < -0.3 is 10.1 Å². The van der Waals surface area contributed by atoms with Crippen LogP contribution in [0.5, 0.6) is 0 Å². The van der Waals surface area contributed by atoms with Crippen LogP contribution in [0.1, 0.15) is 55.8 Å². The molecule has 0 bridgehead atoms. The molecule has 1 N–H and O–H groups in total. The van der Waals surface area contributed by atoms with Gasteiger partial charge in [-0.25, -0.2) is 4.79 Å². The molecule has 112 valence electrons. The Bertz CT molecular complexity index is 486. The van der Waals surface area contributed by atoms with Gasteiger partial charge in [0.1, 0.15) is 4.88 Å². The number of carbonyl (C=O) groups is 2. The van der Waals surface area contributed by atoms with Gasteiger partial charge in [-0.05, 0) is 25.0 Å². The van der Waals surface area contributed by atoms with Crippen molar-refractivity contribution in [2.75, 3.05) is 11.9 Å². The SMILES string of the molecule is CCCCOC(=O)c1sc(NC(=O)C(C)(C)C)cc1C. The van der Waals surface area contributed by atoms with Gasteiger partial charge in [0.2, 0.25) is 5.91 Å². The van der Waals surface area contributed by atoms with E-state index in [0.29, 0.717) is 16.5 Å². The first kappa shape index (κ1) is 16.7. The summed E-state index contributed by atoms with van der Waals surface area (Å²) >= 11 is 1.26. The highest BCUT2D eigenvalue weighted by atomic mass is 32.1. The average molecular weight is 297 g/mol. The third-order valence-corrected chi connectivity index (χ3v) is 3.88. The number of nitrogens with one attached hydrogen (secondary N) is 1. The highest BCUT2D eigenvalue weighted by Gasteiger charge is 2.23.